The predicted octanol–water partition coefficient (Wildman–Crippen LogP) is 1.99. The smallest absolute Gasteiger partial charge is 0.183 e. The Hall–Kier alpha value is -1.07. The van der Waals surface area contributed by atoms with Crippen LogP contribution in [0.4, 0.5) is 0 Å². The zero-order valence-electron chi connectivity index (χ0n) is 11.2. The quantitative estimate of drug-likeness (QED) is 0.897. The summed E-state index contributed by atoms with van der Waals surface area (Å²) in [6.07, 6.45) is 4.41. The molecule has 1 aliphatic carbocycles. The molecule has 0 radical (unpaired) electrons. The maximum atomic E-state index is 12.4. The normalized spacial score (nSPS) is 18.4. The topological polar surface area (TPSA) is 69.4 Å². The molecule has 0 aromatic heterocycles. The number of rotatable bonds is 5. The second kappa shape index (κ2) is 5.92. The SMILES string of the molecule is COc1ccccc1S(=O)(=O)CC(N)C1CCCC1. The first-order chi connectivity index (χ1) is 9.04. The van der Waals surface area contributed by atoms with Crippen molar-refractivity contribution in [2.75, 3.05) is 12.9 Å². The van der Waals surface area contributed by atoms with E-state index >= 15 is 0 Å². The van der Waals surface area contributed by atoms with E-state index in [2.05, 4.69) is 0 Å². The van der Waals surface area contributed by atoms with Gasteiger partial charge in [-0.05, 0) is 30.9 Å². The highest BCUT2D eigenvalue weighted by molar-refractivity contribution is 7.91. The minimum absolute atomic E-state index is 0.00194. The van der Waals surface area contributed by atoms with E-state index in [9.17, 15) is 8.42 Å². The number of nitrogens with two attached hydrogens (primary N) is 1. The van der Waals surface area contributed by atoms with Crippen LogP contribution in [0.3, 0.4) is 0 Å². The summed E-state index contributed by atoms with van der Waals surface area (Å²) < 4.78 is 30.0. The van der Waals surface area contributed by atoms with Gasteiger partial charge in [-0.3, -0.25) is 0 Å². The van der Waals surface area contributed by atoms with Crippen LogP contribution in [-0.4, -0.2) is 27.3 Å². The molecule has 2 rings (SSSR count). The number of sulfone groups is 1. The Morgan fingerprint density at radius 2 is 1.95 bits per heavy atom. The van der Waals surface area contributed by atoms with Crippen molar-refractivity contribution < 1.29 is 13.2 Å². The molecule has 2 N–H and O–H groups in total. The van der Waals surface area contributed by atoms with Gasteiger partial charge in [0.25, 0.3) is 0 Å². The minimum Gasteiger partial charge on any atom is -0.495 e. The van der Waals surface area contributed by atoms with Crippen LogP contribution in [0.15, 0.2) is 29.2 Å². The fourth-order valence-electron chi connectivity index (χ4n) is 2.74. The lowest BCUT2D eigenvalue weighted by atomic mass is 10.0. The first kappa shape index (κ1) is 14.3. The molecular weight excluding hydrogens is 262 g/mol. The van der Waals surface area contributed by atoms with Gasteiger partial charge in [0.1, 0.15) is 10.6 Å². The summed E-state index contributed by atoms with van der Waals surface area (Å²) in [6.45, 7) is 0. The largest absolute Gasteiger partial charge is 0.495 e. The van der Waals surface area contributed by atoms with E-state index in [4.69, 9.17) is 10.5 Å². The van der Waals surface area contributed by atoms with Gasteiger partial charge < -0.3 is 10.5 Å². The van der Waals surface area contributed by atoms with Crippen molar-refractivity contribution in [1.29, 1.82) is 0 Å². The van der Waals surface area contributed by atoms with E-state index in [1.165, 1.54) is 7.11 Å². The summed E-state index contributed by atoms with van der Waals surface area (Å²) in [6, 6.07) is 6.42. The van der Waals surface area contributed by atoms with Crippen molar-refractivity contribution in [1.82, 2.24) is 0 Å². The molecule has 0 heterocycles. The van der Waals surface area contributed by atoms with Gasteiger partial charge in [0.2, 0.25) is 0 Å². The van der Waals surface area contributed by atoms with Crippen LogP contribution in [0.1, 0.15) is 25.7 Å². The summed E-state index contributed by atoms with van der Waals surface area (Å²) in [5.41, 5.74) is 6.07. The highest BCUT2D eigenvalue weighted by Gasteiger charge is 2.28. The molecule has 1 aliphatic rings. The van der Waals surface area contributed by atoms with E-state index in [1.54, 1.807) is 24.3 Å². The molecule has 0 amide bonds. The van der Waals surface area contributed by atoms with Crippen LogP contribution in [0.25, 0.3) is 0 Å². The maximum absolute atomic E-state index is 12.4. The molecule has 5 heteroatoms. The van der Waals surface area contributed by atoms with Gasteiger partial charge in [-0.15, -0.1) is 0 Å². The third kappa shape index (κ3) is 3.28. The molecule has 4 nitrogen and oxygen atoms in total. The number of hydrogen-bond acceptors (Lipinski definition) is 4. The monoisotopic (exact) mass is 283 g/mol. The van der Waals surface area contributed by atoms with E-state index in [0.717, 1.165) is 25.7 Å². The first-order valence-corrected chi connectivity index (χ1v) is 8.31. The molecule has 1 atom stereocenters. The number of methoxy groups -OCH3 is 1. The van der Waals surface area contributed by atoms with Gasteiger partial charge in [0.15, 0.2) is 9.84 Å². The average molecular weight is 283 g/mol. The third-order valence-corrected chi connectivity index (χ3v) is 5.65. The maximum Gasteiger partial charge on any atom is 0.183 e. The van der Waals surface area contributed by atoms with Gasteiger partial charge in [-0.1, -0.05) is 25.0 Å². The van der Waals surface area contributed by atoms with Crippen LogP contribution in [0, 0.1) is 5.92 Å². The van der Waals surface area contributed by atoms with Crippen molar-refractivity contribution in [3.63, 3.8) is 0 Å². The van der Waals surface area contributed by atoms with Crippen molar-refractivity contribution in [2.45, 2.75) is 36.6 Å². The van der Waals surface area contributed by atoms with Gasteiger partial charge in [0.05, 0.1) is 12.9 Å². The molecule has 1 aromatic carbocycles. The van der Waals surface area contributed by atoms with Gasteiger partial charge in [0, 0.05) is 6.04 Å². The fraction of sp³-hybridized carbons (Fsp3) is 0.571. The summed E-state index contributed by atoms with van der Waals surface area (Å²) in [5, 5.41) is 0. The van der Waals surface area contributed by atoms with E-state index < -0.39 is 9.84 Å². The molecule has 1 fully saturated rings. The van der Waals surface area contributed by atoms with Crippen molar-refractivity contribution >= 4 is 9.84 Å². The van der Waals surface area contributed by atoms with Gasteiger partial charge in [-0.25, -0.2) is 8.42 Å². The minimum atomic E-state index is -3.39. The Kier molecular flexibility index (Phi) is 4.47. The Labute approximate surface area is 114 Å². The Balaban J connectivity index is 2.17. The molecule has 0 spiro atoms. The standard InChI is InChI=1S/C14H21NO3S/c1-18-13-8-4-5-9-14(13)19(16,17)10-12(15)11-6-2-3-7-11/h4-5,8-9,11-12H,2-3,6-7,10,15H2,1H3. The van der Waals surface area contributed by atoms with Crippen LogP contribution in [0.5, 0.6) is 5.75 Å². The molecule has 0 saturated heterocycles. The third-order valence-electron chi connectivity index (χ3n) is 3.82. The summed E-state index contributed by atoms with van der Waals surface area (Å²) >= 11 is 0. The molecule has 0 aliphatic heterocycles. The number of hydrogen-bond donors (Lipinski definition) is 1. The molecule has 106 valence electrons. The number of benzene rings is 1. The Morgan fingerprint density at radius 1 is 1.32 bits per heavy atom. The van der Waals surface area contributed by atoms with Gasteiger partial charge in [-0.2, -0.15) is 0 Å². The number of ether oxygens (including phenoxy) is 1. The lowest BCUT2D eigenvalue weighted by Gasteiger charge is -2.19. The van der Waals surface area contributed by atoms with Gasteiger partial charge >= 0.3 is 0 Å². The zero-order valence-corrected chi connectivity index (χ0v) is 12.0. The van der Waals surface area contributed by atoms with Crippen molar-refractivity contribution in [3.05, 3.63) is 24.3 Å². The second-order valence-electron chi connectivity index (χ2n) is 5.14. The molecular formula is C14H21NO3S. The van der Waals surface area contributed by atoms with Crippen LogP contribution >= 0.6 is 0 Å². The second-order valence-corrected chi connectivity index (χ2v) is 7.14. The molecule has 19 heavy (non-hydrogen) atoms. The van der Waals surface area contributed by atoms with Crippen LogP contribution in [-0.2, 0) is 9.84 Å². The van der Waals surface area contributed by atoms with E-state index in [-0.39, 0.29) is 16.7 Å². The first-order valence-electron chi connectivity index (χ1n) is 6.66. The molecule has 1 aromatic rings. The van der Waals surface area contributed by atoms with Crippen molar-refractivity contribution in [2.24, 2.45) is 11.7 Å². The van der Waals surface area contributed by atoms with Crippen LogP contribution in [0.2, 0.25) is 0 Å². The number of para-hydroxylation sites is 1. The summed E-state index contributed by atoms with van der Waals surface area (Å²) in [5.74, 6) is 0.725. The highest BCUT2D eigenvalue weighted by atomic mass is 32.2. The van der Waals surface area contributed by atoms with E-state index in [1.807, 2.05) is 0 Å². The fourth-order valence-corrected chi connectivity index (χ4v) is 4.44. The Morgan fingerprint density at radius 3 is 2.58 bits per heavy atom. The highest BCUT2D eigenvalue weighted by Crippen LogP contribution is 2.30. The molecule has 1 saturated carbocycles. The van der Waals surface area contributed by atoms with Crippen LogP contribution < -0.4 is 10.5 Å². The van der Waals surface area contributed by atoms with Crippen molar-refractivity contribution in [3.8, 4) is 5.75 Å². The Bertz CT molecular complexity index is 521. The average Bonchev–Trinajstić information content (AvgIpc) is 2.92. The molecule has 0 bridgehead atoms. The summed E-state index contributed by atoms with van der Waals surface area (Å²) in [4.78, 5) is 0.242. The van der Waals surface area contributed by atoms with E-state index in [0.29, 0.717) is 11.7 Å². The lowest BCUT2D eigenvalue weighted by molar-refractivity contribution is 0.402. The summed E-state index contributed by atoms with van der Waals surface area (Å²) in [7, 11) is -1.91. The molecule has 1 unspecified atom stereocenters. The predicted molar refractivity (Wildman–Crippen MR) is 75.0 cm³/mol. The zero-order chi connectivity index (χ0) is 13.9. The lowest BCUT2D eigenvalue weighted by Crippen LogP contribution is -2.35.